The quantitative estimate of drug-likeness (QED) is 0.347. The Kier molecular flexibility index (Phi) is 8.07. The Bertz CT molecular complexity index is 769. The zero-order valence-corrected chi connectivity index (χ0v) is 17.8. The predicted molar refractivity (Wildman–Crippen MR) is 109 cm³/mol. The molecule has 0 bridgehead atoms. The third-order valence-corrected chi connectivity index (χ3v) is 5.68. The van der Waals surface area contributed by atoms with E-state index in [0.717, 1.165) is 25.7 Å². The summed E-state index contributed by atoms with van der Waals surface area (Å²) in [6, 6.07) is 7.73. The average molecular weight is 402 g/mol. The lowest BCUT2D eigenvalue weighted by atomic mass is 9.67. The zero-order chi connectivity index (χ0) is 21.4. The molecule has 0 heterocycles. The van der Waals surface area contributed by atoms with Crippen LogP contribution < -0.4 is 9.47 Å². The molecule has 0 aliphatic heterocycles. The number of ketones is 1. The number of ether oxygens (including phenoxy) is 3. The fourth-order valence-electron chi connectivity index (χ4n) is 3.88. The number of hydrogen-bond acceptors (Lipinski definition) is 6. The number of benzene rings is 1. The van der Waals surface area contributed by atoms with Crippen LogP contribution in [0.1, 0.15) is 64.4 Å². The van der Waals surface area contributed by atoms with Gasteiger partial charge in [-0.3, -0.25) is 9.59 Å². The third-order valence-electron chi connectivity index (χ3n) is 5.68. The summed E-state index contributed by atoms with van der Waals surface area (Å²) in [6.07, 6.45) is 5.04. The highest BCUT2D eigenvalue weighted by Gasteiger charge is 2.45. The first-order valence-corrected chi connectivity index (χ1v) is 10.3. The zero-order valence-electron chi connectivity index (χ0n) is 17.8. The lowest BCUT2D eigenvalue weighted by Gasteiger charge is -2.33. The molecule has 0 amide bonds. The first-order valence-electron chi connectivity index (χ1n) is 10.3. The van der Waals surface area contributed by atoms with E-state index in [1.54, 1.807) is 13.2 Å². The summed E-state index contributed by atoms with van der Waals surface area (Å²) < 4.78 is 16.3. The molecule has 0 saturated heterocycles. The molecule has 0 radical (unpaired) electrons. The van der Waals surface area contributed by atoms with Gasteiger partial charge in [0, 0.05) is 6.42 Å². The topological polar surface area (TPSA) is 85.6 Å². The van der Waals surface area contributed by atoms with Crippen LogP contribution >= 0.6 is 0 Å². The van der Waals surface area contributed by atoms with E-state index in [0.29, 0.717) is 29.9 Å². The Morgan fingerprint density at radius 2 is 2.07 bits per heavy atom. The van der Waals surface area contributed by atoms with Gasteiger partial charge in [0.15, 0.2) is 11.5 Å². The number of methoxy groups -OCH3 is 2. The fourth-order valence-corrected chi connectivity index (χ4v) is 3.88. The Labute approximate surface area is 173 Å². The SMILES string of the molecule is CCCCCC(C)Oc1cc(C2(C#N)CCC(C(=O)OC)C(=O)C2)ccc1OC. The molecule has 1 saturated carbocycles. The molecule has 29 heavy (non-hydrogen) atoms. The summed E-state index contributed by atoms with van der Waals surface area (Å²) in [7, 11) is 2.85. The van der Waals surface area contributed by atoms with Gasteiger partial charge >= 0.3 is 5.97 Å². The number of unbranched alkanes of at least 4 members (excludes halogenated alkanes) is 2. The number of carbonyl (C=O) groups is 2. The molecule has 1 aromatic carbocycles. The lowest BCUT2D eigenvalue weighted by Crippen LogP contribution is -2.40. The molecule has 0 spiro atoms. The van der Waals surface area contributed by atoms with Crippen LogP contribution in [0.2, 0.25) is 0 Å². The highest BCUT2D eigenvalue weighted by Crippen LogP contribution is 2.43. The minimum atomic E-state index is -0.975. The standard InChI is InChI=1S/C23H31NO5/c1-5-6-7-8-16(2)29-21-13-17(9-10-20(21)27-3)23(15-24)12-11-18(19(25)14-23)22(26)28-4/h9-10,13,16,18H,5-8,11-12,14H2,1-4H3. The Balaban J connectivity index is 2.25. The maximum absolute atomic E-state index is 12.6. The van der Waals surface area contributed by atoms with Gasteiger partial charge in [-0.25, -0.2) is 0 Å². The summed E-state index contributed by atoms with van der Waals surface area (Å²) >= 11 is 0. The molecule has 3 atom stereocenters. The maximum atomic E-state index is 12.6. The lowest BCUT2D eigenvalue weighted by molar-refractivity contribution is -0.151. The number of nitriles is 1. The highest BCUT2D eigenvalue weighted by molar-refractivity contribution is 6.00. The third kappa shape index (κ3) is 5.29. The van der Waals surface area contributed by atoms with E-state index < -0.39 is 17.3 Å². The number of hydrogen-bond donors (Lipinski definition) is 0. The summed E-state index contributed by atoms with van der Waals surface area (Å²) in [5, 5.41) is 9.95. The van der Waals surface area contributed by atoms with E-state index in [9.17, 15) is 14.9 Å². The summed E-state index contributed by atoms with van der Waals surface area (Å²) in [5.74, 6) is -0.393. The predicted octanol–water partition coefficient (Wildman–Crippen LogP) is 4.35. The molecular formula is C23H31NO5. The number of Topliss-reactive ketones (excluding diaryl/α,β-unsaturated/α-hetero) is 1. The van der Waals surface area contributed by atoms with E-state index in [1.807, 2.05) is 19.1 Å². The molecule has 1 aliphatic rings. The Morgan fingerprint density at radius 3 is 2.66 bits per heavy atom. The van der Waals surface area contributed by atoms with Crippen molar-refractivity contribution in [2.45, 2.75) is 70.3 Å². The van der Waals surface area contributed by atoms with Crippen LogP contribution in [0, 0.1) is 17.2 Å². The first kappa shape index (κ1) is 22.7. The monoisotopic (exact) mass is 401 g/mol. The van der Waals surface area contributed by atoms with Crippen molar-refractivity contribution >= 4 is 11.8 Å². The molecule has 0 aromatic heterocycles. The normalized spacial score (nSPS) is 22.4. The second kappa shape index (κ2) is 10.3. The van der Waals surface area contributed by atoms with Crippen LogP contribution in [0.5, 0.6) is 11.5 Å². The van der Waals surface area contributed by atoms with Gasteiger partial charge in [0.1, 0.15) is 11.7 Å². The van der Waals surface area contributed by atoms with Gasteiger partial charge in [0.25, 0.3) is 0 Å². The minimum absolute atomic E-state index is 0.0128. The van der Waals surface area contributed by atoms with Crippen LogP contribution in [0.15, 0.2) is 18.2 Å². The van der Waals surface area contributed by atoms with Gasteiger partial charge in [-0.05, 0) is 50.3 Å². The summed E-state index contributed by atoms with van der Waals surface area (Å²) in [4.78, 5) is 24.4. The van der Waals surface area contributed by atoms with Crippen LogP contribution in [0.25, 0.3) is 0 Å². The van der Waals surface area contributed by atoms with E-state index in [1.165, 1.54) is 7.11 Å². The van der Waals surface area contributed by atoms with Gasteiger partial charge in [0.2, 0.25) is 0 Å². The second-order valence-corrected chi connectivity index (χ2v) is 7.74. The van der Waals surface area contributed by atoms with Crippen molar-refractivity contribution in [3.05, 3.63) is 23.8 Å². The van der Waals surface area contributed by atoms with Crippen molar-refractivity contribution in [2.75, 3.05) is 14.2 Å². The van der Waals surface area contributed by atoms with E-state index >= 15 is 0 Å². The van der Waals surface area contributed by atoms with Crippen molar-refractivity contribution in [3.8, 4) is 17.6 Å². The molecular weight excluding hydrogens is 370 g/mol. The van der Waals surface area contributed by atoms with Crippen LogP contribution in [-0.4, -0.2) is 32.1 Å². The van der Waals surface area contributed by atoms with E-state index in [4.69, 9.17) is 14.2 Å². The number of rotatable bonds is 9. The fraction of sp³-hybridized carbons (Fsp3) is 0.609. The molecule has 1 aromatic rings. The highest BCUT2D eigenvalue weighted by atomic mass is 16.5. The minimum Gasteiger partial charge on any atom is -0.493 e. The molecule has 6 heteroatoms. The maximum Gasteiger partial charge on any atom is 0.316 e. The van der Waals surface area contributed by atoms with Gasteiger partial charge in [0.05, 0.1) is 31.8 Å². The smallest absolute Gasteiger partial charge is 0.316 e. The molecule has 2 rings (SSSR count). The van der Waals surface area contributed by atoms with E-state index in [2.05, 4.69) is 13.0 Å². The van der Waals surface area contributed by atoms with Crippen molar-refractivity contribution in [2.24, 2.45) is 5.92 Å². The van der Waals surface area contributed by atoms with Crippen molar-refractivity contribution < 1.29 is 23.8 Å². The van der Waals surface area contributed by atoms with Crippen LogP contribution in [0.4, 0.5) is 0 Å². The molecule has 1 aliphatic carbocycles. The average Bonchev–Trinajstić information content (AvgIpc) is 2.73. The van der Waals surface area contributed by atoms with Gasteiger partial charge < -0.3 is 14.2 Å². The summed E-state index contributed by atoms with van der Waals surface area (Å²) in [6.45, 7) is 4.18. The van der Waals surface area contributed by atoms with E-state index in [-0.39, 0.29) is 18.3 Å². The van der Waals surface area contributed by atoms with Gasteiger partial charge in [-0.1, -0.05) is 25.8 Å². The van der Waals surface area contributed by atoms with Crippen molar-refractivity contribution in [1.29, 1.82) is 5.26 Å². The molecule has 158 valence electrons. The number of nitrogens with zero attached hydrogens (tertiary/aromatic N) is 1. The Morgan fingerprint density at radius 1 is 1.31 bits per heavy atom. The van der Waals surface area contributed by atoms with Gasteiger partial charge in [-0.2, -0.15) is 5.26 Å². The molecule has 3 unspecified atom stereocenters. The summed E-state index contributed by atoms with van der Waals surface area (Å²) in [5.41, 5.74) is -0.259. The second-order valence-electron chi connectivity index (χ2n) is 7.74. The van der Waals surface area contributed by atoms with Crippen molar-refractivity contribution in [1.82, 2.24) is 0 Å². The largest absolute Gasteiger partial charge is 0.493 e. The Hall–Kier alpha value is -2.55. The number of carbonyl (C=O) groups excluding carboxylic acids is 2. The van der Waals surface area contributed by atoms with Crippen molar-refractivity contribution in [3.63, 3.8) is 0 Å². The molecule has 1 fully saturated rings. The molecule has 0 N–H and O–H groups in total. The first-order chi connectivity index (χ1) is 13.9. The van der Waals surface area contributed by atoms with Crippen LogP contribution in [0.3, 0.4) is 0 Å². The molecule has 6 nitrogen and oxygen atoms in total. The van der Waals surface area contributed by atoms with Gasteiger partial charge in [-0.15, -0.1) is 0 Å². The van der Waals surface area contributed by atoms with Crippen LogP contribution in [-0.2, 0) is 19.7 Å². The number of esters is 1.